The quantitative estimate of drug-likeness (QED) is 0.840. The molecule has 0 radical (unpaired) electrons. The molecule has 3 rings (SSSR count). The van der Waals surface area contributed by atoms with Crippen LogP contribution >= 0.6 is 15.9 Å². The molecule has 1 N–H and O–H groups in total. The fourth-order valence-corrected chi connectivity index (χ4v) is 3.74. The third kappa shape index (κ3) is 2.77. The summed E-state index contributed by atoms with van der Waals surface area (Å²) in [5.74, 6) is 0.385. The average molecular weight is 337 g/mol. The van der Waals surface area contributed by atoms with Crippen LogP contribution in [0, 0.1) is 5.41 Å². The van der Waals surface area contributed by atoms with E-state index in [0.29, 0.717) is 5.91 Å². The first kappa shape index (κ1) is 14.1. The molecule has 0 unspecified atom stereocenters. The van der Waals surface area contributed by atoms with Crippen LogP contribution in [-0.4, -0.2) is 37.0 Å². The van der Waals surface area contributed by atoms with Crippen LogP contribution < -0.4 is 5.32 Å². The number of amides is 1. The van der Waals surface area contributed by atoms with E-state index in [4.69, 9.17) is 0 Å². The second kappa shape index (κ2) is 5.86. The lowest BCUT2D eigenvalue weighted by molar-refractivity contribution is -0.136. The van der Waals surface area contributed by atoms with Gasteiger partial charge in [-0.1, -0.05) is 34.2 Å². The summed E-state index contributed by atoms with van der Waals surface area (Å²) in [6, 6.07) is 0. The summed E-state index contributed by atoms with van der Waals surface area (Å²) < 4.78 is 1.09. The summed E-state index contributed by atoms with van der Waals surface area (Å²) in [5.41, 5.74) is 1.26. The first-order chi connectivity index (χ1) is 9.70. The van der Waals surface area contributed by atoms with Crippen molar-refractivity contribution < 1.29 is 4.79 Å². The van der Waals surface area contributed by atoms with Gasteiger partial charge >= 0.3 is 0 Å². The molecule has 0 aromatic carbocycles. The summed E-state index contributed by atoms with van der Waals surface area (Å²) >= 11 is 3.49. The molecular formula is C16H21BrN2O. The number of halogens is 1. The smallest absolute Gasteiger partial charge is 0.229 e. The molecule has 2 saturated heterocycles. The number of hydrogen-bond donors (Lipinski definition) is 1. The first-order valence-electron chi connectivity index (χ1n) is 7.41. The normalized spacial score (nSPS) is 25.6. The number of nitrogens with one attached hydrogen (secondary N) is 1. The number of carbonyl (C=O) groups is 1. The van der Waals surface area contributed by atoms with E-state index >= 15 is 0 Å². The lowest BCUT2D eigenvalue weighted by atomic mass is 9.78. The van der Waals surface area contributed by atoms with Crippen LogP contribution in [0.25, 0.3) is 0 Å². The zero-order valence-corrected chi connectivity index (χ0v) is 13.3. The Bertz CT molecular complexity index is 487. The highest BCUT2D eigenvalue weighted by atomic mass is 79.9. The third-order valence-corrected chi connectivity index (χ3v) is 5.22. The molecule has 3 nitrogen and oxygen atoms in total. The highest BCUT2D eigenvalue weighted by Gasteiger charge is 2.46. The minimum atomic E-state index is -0.0528. The average Bonchev–Trinajstić information content (AvgIpc) is 2.64. The van der Waals surface area contributed by atoms with Crippen molar-refractivity contribution >= 4 is 21.8 Å². The van der Waals surface area contributed by atoms with Gasteiger partial charge < -0.3 is 10.2 Å². The second-order valence-corrected chi connectivity index (χ2v) is 6.91. The van der Waals surface area contributed by atoms with Crippen LogP contribution in [0.2, 0.25) is 0 Å². The Labute approximate surface area is 128 Å². The fraction of sp³-hybridized carbons (Fsp3) is 0.562. The summed E-state index contributed by atoms with van der Waals surface area (Å²) in [7, 11) is 0. The van der Waals surface area contributed by atoms with Crippen molar-refractivity contribution in [2.75, 3.05) is 26.2 Å². The Hall–Kier alpha value is -0.870. The van der Waals surface area contributed by atoms with Gasteiger partial charge in [-0.05, 0) is 50.4 Å². The molecule has 0 bridgehead atoms. The molecule has 4 heteroatoms. The molecule has 1 spiro atoms. The van der Waals surface area contributed by atoms with Gasteiger partial charge in [-0.3, -0.25) is 4.79 Å². The maximum atomic E-state index is 12.7. The highest BCUT2D eigenvalue weighted by molar-refractivity contribution is 9.11. The van der Waals surface area contributed by atoms with Crippen molar-refractivity contribution in [1.82, 2.24) is 10.2 Å². The van der Waals surface area contributed by atoms with E-state index in [1.807, 2.05) is 0 Å². The molecule has 3 aliphatic rings. The Balaban J connectivity index is 1.67. The number of hydrogen-bond acceptors (Lipinski definition) is 2. The Morgan fingerprint density at radius 2 is 2.05 bits per heavy atom. The summed E-state index contributed by atoms with van der Waals surface area (Å²) in [4.78, 5) is 14.8. The van der Waals surface area contributed by atoms with Gasteiger partial charge in [-0.2, -0.15) is 0 Å². The SMILES string of the molecule is O=C1N(CC2=CC=C(Br)C=CC2)CCC12CCNCC2. The number of likely N-dealkylation sites (tertiary alicyclic amines) is 1. The lowest BCUT2D eigenvalue weighted by Gasteiger charge is -2.32. The van der Waals surface area contributed by atoms with Crippen LogP contribution in [0.3, 0.4) is 0 Å². The number of piperidine rings is 1. The van der Waals surface area contributed by atoms with Crippen LogP contribution in [0.4, 0.5) is 0 Å². The predicted molar refractivity (Wildman–Crippen MR) is 84.6 cm³/mol. The van der Waals surface area contributed by atoms with Crippen LogP contribution in [0.1, 0.15) is 25.7 Å². The van der Waals surface area contributed by atoms with E-state index in [-0.39, 0.29) is 5.41 Å². The predicted octanol–water partition coefficient (Wildman–Crippen LogP) is 2.75. The summed E-state index contributed by atoms with van der Waals surface area (Å²) in [6.07, 6.45) is 12.4. The van der Waals surface area contributed by atoms with Crippen molar-refractivity contribution in [2.45, 2.75) is 25.7 Å². The lowest BCUT2D eigenvalue weighted by Crippen LogP contribution is -2.43. The van der Waals surface area contributed by atoms with Gasteiger partial charge in [-0.15, -0.1) is 0 Å². The third-order valence-electron chi connectivity index (χ3n) is 4.69. The van der Waals surface area contributed by atoms with Crippen molar-refractivity contribution in [3.05, 3.63) is 34.4 Å². The maximum absolute atomic E-state index is 12.7. The largest absolute Gasteiger partial charge is 0.338 e. The molecule has 2 heterocycles. The Kier molecular flexibility index (Phi) is 4.13. The molecule has 1 amide bonds. The number of carbonyl (C=O) groups excluding carboxylic acids is 1. The Morgan fingerprint density at radius 3 is 2.85 bits per heavy atom. The summed E-state index contributed by atoms with van der Waals surface area (Å²) in [6.45, 7) is 3.68. The van der Waals surface area contributed by atoms with E-state index in [9.17, 15) is 4.79 Å². The topological polar surface area (TPSA) is 32.3 Å². The van der Waals surface area contributed by atoms with Gasteiger partial charge in [-0.25, -0.2) is 0 Å². The van der Waals surface area contributed by atoms with E-state index in [0.717, 1.165) is 56.3 Å². The Morgan fingerprint density at radius 1 is 1.25 bits per heavy atom. The standard InChI is InChI=1S/C16H21BrN2O/c17-14-3-1-2-13(4-5-14)12-19-11-8-16(15(19)20)6-9-18-10-7-16/h1,3-5,18H,2,6-12H2. The van der Waals surface area contributed by atoms with Crippen molar-refractivity contribution in [3.8, 4) is 0 Å². The molecule has 0 aromatic rings. The minimum absolute atomic E-state index is 0.0528. The molecule has 2 fully saturated rings. The van der Waals surface area contributed by atoms with Crippen LogP contribution in [0.5, 0.6) is 0 Å². The van der Waals surface area contributed by atoms with Crippen LogP contribution in [-0.2, 0) is 4.79 Å². The molecule has 0 atom stereocenters. The molecule has 2 aliphatic heterocycles. The van der Waals surface area contributed by atoms with Crippen LogP contribution in [0.15, 0.2) is 34.4 Å². The van der Waals surface area contributed by atoms with Crippen molar-refractivity contribution in [3.63, 3.8) is 0 Å². The molecule has 0 saturated carbocycles. The van der Waals surface area contributed by atoms with E-state index in [1.54, 1.807) is 0 Å². The van der Waals surface area contributed by atoms with Gasteiger partial charge in [0.05, 0.1) is 5.41 Å². The minimum Gasteiger partial charge on any atom is -0.338 e. The zero-order valence-electron chi connectivity index (χ0n) is 11.7. The summed E-state index contributed by atoms with van der Waals surface area (Å²) in [5, 5.41) is 3.36. The number of nitrogens with zero attached hydrogens (tertiary/aromatic N) is 1. The van der Waals surface area contributed by atoms with Gasteiger partial charge in [0.1, 0.15) is 0 Å². The first-order valence-corrected chi connectivity index (χ1v) is 8.21. The monoisotopic (exact) mass is 336 g/mol. The van der Waals surface area contributed by atoms with Gasteiger partial charge in [0.25, 0.3) is 0 Å². The van der Waals surface area contributed by atoms with Gasteiger partial charge in [0.15, 0.2) is 0 Å². The molecule has 0 aromatic heterocycles. The highest BCUT2D eigenvalue weighted by Crippen LogP contribution is 2.40. The molecule has 108 valence electrons. The fourth-order valence-electron chi connectivity index (χ4n) is 3.42. The second-order valence-electron chi connectivity index (χ2n) is 5.99. The van der Waals surface area contributed by atoms with E-state index in [1.165, 1.54) is 5.57 Å². The van der Waals surface area contributed by atoms with Gasteiger partial charge in [0, 0.05) is 17.6 Å². The van der Waals surface area contributed by atoms with E-state index < -0.39 is 0 Å². The molecule has 1 aliphatic carbocycles. The number of rotatable bonds is 2. The maximum Gasteiger partial charge on any atom is 0.229 e. The van der Waals surface area contributed by atoms with E-state index in [2.05, 4.69) is 50.5 Å². The van der Waals surface area contributed by atoms with Crippen molar-refractivity contribution in [1.29, 1.82) is 0 Å². The van der Waals surface area contributed by atoms with Crippen molar-refractivity contribution in [2.24, 2.45) is 5.41 Å². The van der Waals surface area contributed by atoms with Gasteiger partial charge in [0.2, 0.25) is 5.91 Å². The zero-order chi connectivity index (χ0) is 14.0. The molecular weight excluding hydrogens is 316 g/mol. The number of allylic oxidation sites excluding steroid dienone is 5. The molecule has 20 heavy (non-hydrogen) atoms.